The zero-order valence-corrected chi connectivity index (χ0v) is 12.2. The molecule has 0 aromatic carbocycles. The van der Waals surface area contributed by atoms with Crippen LogP contribution in [-0.2, 0) is 14.4 Å². The quantitative estimate of drug-likeness (QED) is 0.560. The Bertz CT molecular complexity index is 423. The molecule has 2 amide bonds. The van der Waals surface area contributed by atoms with E-state index in [9.17, 15) is 19.5 Å². The highest BCUT2D eigenvalue weighted by Gasteiger charge is 2.27. The monoisotopic (exact) mass is 294 g/mol. The molecule has 1 fully saturated rings. The zero-order valence-electron chi connectivity index (χ0n) is 12.2. The summed E-state index contributed by atoms with van der Waals surface area (Å²) in [5.41, 5.74) is 0. The fraction of sp³-hybridized carbons (Fsp3) is 0.667. The van der Waals surface area contributed by atoms with Crippen LogP contribution in [0.1, 0.15) is 38.5 Å². The van der Waals surface area contributed by atoms with Gasteiger partial charge in [0.05, 0.1) is 0 Å². The van der Waals surface area contributed by atoms with Gasteiger partial charge in [-0.25, -0.2) is 0 Å². The number of aliphatic carboxylic acids is 1. The van der Waals surface area contributed by atoms with Gasteiger partial charge in [0.1, 0.15) is 6.04 Å². The summed E-state index contributed by atoms with van der Waals surface area (Å²) < 4.78 is 0. The van der Waals surface area contributed by atoms with Crippen molar-refractivity contribution in [3.63, 3.8) is 0 Å². The maximum atomic E-state index is 11.4. The van der Waals surface area contributed by atoms with Gasteiger partial charge in [0, 0.05) is 18.7 Å². The van der Waals surface area contributed by atoms with Gasteiger partial charge in [-0.05, 0) is 45.2 Å². The van der Waals surface area contributed by atoms with E-state index in [0.717, 1.165) is 25.9 Å². The molecule has 1 atom stereocenters. The highest BCUT2D eigenvalue weighted by atomic mass is 16.4. The second-order valence-corrected chi connectivity index (χ2v) is 5.61. The van der Waals surface area contributed by atoms with Gasteiger partial charge in [0.2, 0.25) is 0 Å². The highest BCUT2D eigenvalue weighted by molar-refractivity contribution is 6.12. The molecule has 2 aliphatic heterocycles. The van der Waals surface area contributed by atoms with Crippen LogP contribution in [0, 0.1) is 0 Å². The number of likely N-dealkylation sites (tertiary alicyclic amines) is 1. The number of hydrogen-bond acceptors (Lipinski definition) is 4. The molecule has 0 radical (unpaired) electrons. The molecule has 6 nitrogen and oxygen atoms in total. The molecule has 0 bridgehead atoms. The van der Waals surface area contributed by atoms with Crippen LogP contribution < -0.4 is 0 Å². The molecule has 2 heterocycles. The molecular formula is C15H22N2O4. The van der Waals surface area contributed by atoms with Gasteiger partial charge >= 0.3 is 5.97 Å². The number of imide groups is 1. The number of carboxylic acids is 1. The first-order valence-corrected chi connectivity index (χ1v) is 7.60. The van der Waals surface area contributed by atoms with Crippen molar-refractivity contribution in [1.29, 1.82) is 0 Å². The lowest BCUT2D eigenvalue weighted by atomic mass is 10.0. The topological polar surface area (TPSA) is 77.9 Å². The Morgan fingerprint density at radius 1 is 1.10 bits per heavy atom. The lowest BCUT2D eigenvalue weighted by Gasteiger charge is -2.32. The maximum Gasteiger partial charge on any atom is 0.320 e. The van der Waals surface area contributed by atoms with Gasteiger partial charge < -0.3 is 5.11 Å². The Balaban J connectivity index is 1.73. The van der Waals surface area contributed by atoms with Crippen molar-refractivity contribution in [2.75, 3.05) is 19.6 Å². The molecule has 6 heteroatoms. The average Bonchev–Trinajstić information content (AvgIpc) is 2.79. The number of hydrogen-bond donors (Lipinski definition) is 1. The van der Waals surface area contributed by atoms with Crippen molar-refractivity contribution in [2.45, 2.75) is 44.6 Å². The van der Waals surface area contributed by atoms with Gasteiger partial charge in [-0.15, -0.1) is 0 Å². The summed E-state index contributed by atoms with van der Waals surface area (Å²) in [6.45, 7) is 2.07. The fourth-order valence-electron chi connectivity index (χ4n) is 2.95. The molecule has 1 unspecified atom stereocenters. The second-order valence-electron chi connectivity index (χ2n) is 5.61. The predicted octanol–water partition coefficient (Wildman–Crippen LogP) is 1.02. The lowest BCUT2D eigenvalue weighted by Crippen LogP contribution is -2.44. The van der Waals surface area contributed by atoms with Crippen molar-refractivity contribution < 1.29 is 19.5 Å². The molecule has 0 aromatic rings. The molecule has 116 valence electrons. The summed E-state index contributed by atoms with van der Waals surface area (Å²) in [5.74, 6) is -1.32. The summed E-state index contributed by atoms with van der Waals surface area (Å²) in [5, 5.41) is 9.35. The summed E-state index contributed by atoms with van der Waals surface area (Å²) in [6.07, 6.45) is 7.76. The zero-order chi connectivity index (χ0) is 15.2. The predicted molar refractivity (Wildman–Crippen MR) is 76.6 cm³/mol. The molecule has 2 rings (SSSR count). The third-order valence-electron chi connectivity index (χ3n) is 4.13. The maximum absolute atomic E-state index is 11.4. The normalized spacial score (nSPS) is 21.0. The summed E-state index contributed by atoms with van der Waals surface area (Å²) >= 11 is 0. The van der Waals surface area contributed by atoms with Gasteiger partial charge in [0.15, 0.2) is 0 Å². The van der Waals surface area contributed by atoms with E-state index in [-0.39, 0.29) is 11.8 Å². The van der Waals surface area contributed by atoms with E-state index in [4.69, 9.17) is 0 Å². The van der Waals surface area contributed by atoms with Gasteiger partial charge in [-0.3, -0.25) is 24.2 Å². The number of carboxylic acid groups (broad SMARTS) is 1. The lowest BCUT2D eigenvalue weighted by molar-refractivity contribution is -0.144. The number of rotatable bonds is 7. The van der Waals surface area contributed by atoms with E-state index in [0.29, 0.717) is 25.8 Å². The smallest absolute Gasteiger partial charge is 0.320 e. The van der Waals surface area contributed by atoms with Crippen LogP contribution in [0.4, 0.5) is 0 Å². The molecule has 0 aliphatic carbocycles. The van der Waals surface area contributed by atoms with Crippen molar-refractivity contribution >= 4 is 17.8 Å². The van der Waals surface area contributed by atoms with Gasteiger partial charge in [0.25, 0.3) is 11.8 Å². The molecule has 1 N–H and O–H groups in total. The SMILES string of the molecule is O=C(O)C(CCCCN1C(=O)C=CC1=O)N1CCCCC1. The summed E-state index contributed by atoms with van der Waals surface area (Å²) in [7, 11) is 0. The van der Waals surface area contributed by atoms with E-state index in [1.165, 1.54) is 23.5 Å². The van der Waals surface area contributed by atoms with Crippen LogP contribution in [0.5, 0.6) is 0 Å². The number of nitrogens with zero attached hydrogens (tertiary/aromatic N) is 2. The molecule has 1 saturated heterocycles. The first-order valence-electron chi connectivity index (χ1n) is 7.60. The third kappa shape index (κ3) is 4.14. The van der Waals surface area contributed by atoms with Crippen LogP contribution in [-0.4, -0.2) is 58.4 Å². The standard InChI is InChI=1S/C15H22N2O4/c18-13-7-8-14(19)17(13)11-5-2-6-12(15(20)21)16-9-3-1-4-10-16/h7-8,12H,1-6,9-11H2,(H,20,21). The Morgan fingerprint density at radius 2 is 1.71 bits per heavy atom. The first-order chi connectivity index (χ1) is 10.1. The first kappa shape index (κ1) is 15.7. The molecular weight excluding hydrogens is 272 g/mol. The largest absolute Gasteiger partial charge is 0.480 e. The van der Waals surface area contributed by atoms with Gasteiger partial charge in [-0.1, -0.05) is 6.42 Å². The van der Waals surface area contributed by atoms with Crippen LogP contribution in [0.15, 0.2) is 12.2 Å². The van der Waals surface area contributed by atoms with Crippen LogP contribution in [0.25, 0.3) is 0 Å². The molecule has 0 aromatic heterocycles. The second kappa shape index (κ2) is 7.36. The van der Waals surface area contributed by atoms with E-state index in [1.54, 1.807) is 0 Å². The average molecular weight is 294 g/mol. The van der Waals surface area contributed by atoms with E-state index < -0.39 is 12.0 Å². The van der Waals surface area contributed by atoms with Crippen molar-refractivity contribution in [1.82, 2.24) is 9.80 Å². The number of piperidine rings is 1. The highest BCUT2D eigenvalue weighted by Crippen LogP contribution is 2.17. The van der Waals surface area contributed by atoms with Crippen molar-refractivity contribution in [3.8, 4) is 0 Å². The number of carbonyl (C=O) groups is 3. The Labute approximate surface area is 124 Å². The number of amides is 2. The molecule has 2 aliphatic rings. The summed E-state index contributed by atoms with van der Waals surface area (Å²) in [4.78, 5) is 37.4. The molecule has 0 saturated carbocycles. The Hall–Kier alpha value is -1.69. The Morgan fingerprint density at radius 3 is 2.29 bits per heavy atom. The number of unbranched alkanes of at least 4 members (excludes halogenated alkanes) is 1. The Kier molecular flexibility index (Phi) is 5.50. The third-order valence-corrected chi connectivity index (χ3v) is 4.13. The number of carbonyl (C=O) groups excluding carboxylic acids is 2. The minimum Gasteiger partial charge on any atom is -0.480 e. The summed E-state index contributed by atoms with van der Waals surface area (Å²) in [6, 6.07) is -0.437. The van der Waals surface area contributed by atoms with Crippen LogP contribution >= 0.6 is 0 Å². The minimum atomic E-state index is -0.771. The van der Waals surface area contributed by atoms with E-state index in [2.05, 4.69) is 0 Å². The van der Waals surface area contributed by atoms with Gasteiger partial charge in [-0.2, -0.15) is 0 Å². The van der Waals surface area contributed by atoms with Crippen molar-refractivity contribution in [3.05, 3.63) is 12.2 Å². The van der Waals surface area contributed by atoms with E-state index >= 15 is 0 Å². The molecule has 21 heavy (non-hydrogen) atoms. The van der Waals surface area contributed by atoms with Crippen LogP contribution in [0.3, 0.4) is 0 Å². The van der Waals surface area contributed by atoms with Crippen LogP contribution in [0.2, 0.25) is 0 Å². The fourth-order valence-corrected chi connectivity index (χ4v) is 2.95. The minimum absolute atomic E-state index is 0.272. The molecule has 0 spiro atoms. The van der Waals surface area contributed by atoms with E-state index in [1.807, 2.05) is 4.90 Å². The van der Waals surface area contributed by atoms with Crippen molar-refractivity contribution in [2.24, 2.45) is 0 Å².